The largest absolute Gasteiger partial charge is 0.497 e. The van der Waals surface area contributed by atoms with Crippen LogP contribution in [0.1, 0.15) is 29.1 Å². The van der Waals surface area contributed by atoms with E-state index in [1.54, 1.807) is 11.8 Å². The first-order valence-electron chi connectivity index (χ1n) is 9.28. The molecule has 28 heavy (non-hydrogen) atoms. The van der Waals surface area contributed by atoms with Crippen molar-refractivity contribution in [1.29, 1.82) is 0 Å². The van der Waals surface area contributed by atoms with Crippen LogP contribution in [0.3, 0.4) is 0 Å². The van der Waals surface area contributed by atoms with Gasteiger partial charge in [0, 0.05) is 31.8 Å². The molecule has 2 aromatic heterocycles. The number of hydrogen-bond acceptors (Lipinski definition) is 4. The fourth-order valence-corrected chi connectivity index (χ4v) is 3.52. The van der Waals surface area contributed by atoms with E-state index in [9.17, 15) is 4.79 Å². The second-order valence-corrected chi connectivity index (χ2v) is 6.98. The summed E-state index contributed by atoms with van der Waals surface area (Å²) >= 11 is 0. The molecule has 3 aromatic rings. The van der Waals surface area contributed by atoms with Gasteiger partial charge < -0.3 is 10.1 Å². The Kier molecular flexibility index (Phi) is 5.53. The van der Waals surface area contributed by atoms with Crippen LogP contribution in [0.15, 0.2) is 24.3 Å². The predicted octanol–water partition coefficient (Wildman–Crippen LogP) is 3.33. The lowest BCUT2D eigenvalue weighted by atomic mass is 10.0. The number of aromatic nitrogens is 4. The molecule has 7 nitrogen and oxygen atoms in total. The molecule has 3 rings (SSSR count). The number of rotatable bonds is 6. The molecule has 0 atom stereocenters. The fourth-order valence-electron chi connectivity index (χ4n) is 3.52. The predicted molar refractivity (Wildman–Crippen MR) is 110 cm³/mol. The van der Waals surface area contributed by atoms with Crippen LogP contribution in [-0.4, -0.2) is 32.6 Å². The molecule has 0 unspecified atom stereocenters. The number of nitrogens with one attached hydrogen (secondary N) is 1. The molecule has 0 bridgehead atoms. The van der Waals surface area contributed by atoms with Crippen LogP contribution in [0.2, 0.25) is 0 Å². The quantitative estimate of drug-likeness (QED) is 0.711. The number of benzene rings is 1. The van der Waals surface area contributed by atoms with Crippen molar-refractivity contribution >= 4 is 11.7 Å². The van der Waals surface area contributed by atoms with Gasteiger partial charge in [-0.3, -0.25) is 14.2 Å². The van der Waals surface area contributed by atoms with E-state index in [1.807, 2.05) is 63.8 Å². The van der Waals surface area contributed by atoms with E-state index < -0.39 is 0 Å². The fraction of sp³-hybridized carbons (Fsp3) is 0.381. The average molecular weight is 381 g/mol. The average Bonchev–Trinajstić information content (AvgIpc) is 3.07. The first kappa shape index (κ1) is 19.7. The van der Waals surface area contributed by atoms with Crippen LogP contribution < -0.4 is 10.1 Å². The van der Waals surface area contributed by atoms with E-state index in [1.165, 1.54) is 0 Å². The number of methoxy groups -OCH3 is 1. The molecule has 0 aliphatic carbocycles. The highest BCUT2D eigenvalue weighted by Gasteiger charge is 2.18. The van der Waals surface area contributed by atoms with Gasteiger partial charge in [-0.1, -0.05) is 12.1 Å². The zero-order chi connectivity index (χ0) is 20.4. The Morgan fingerprint density at radius 3 is 2.25 bits per heavy atom. The summed E-state index contributed by atoms with van der Waals surface area (Å²) in [6, 6.07) is 7.75. The summed E-state index contributed by atoms with van der Waals surface area (Å²) in [5, 5.41) is 12.0. The van der Waals surface area contributed by atoms with Gasteiger partial charge >= 0.3 is 0 Å². The highest BCUT2D eigenvalue weighted by Crippen LogP contribution is 2.32. The summed E-state index contributed by atoms with van der Waals surface area (Å²) in [4.78, 5) is 12.7. The lowest BCUT2D eigenvalue weighted by molar-refractivity contribution is -0.116. The Morgan fingerprint density at radius 2 is 1.68 bits per heavy atom. The third kappa shape index (κ3) is 3.78. The van der Waals surface area contributed by atoms with Crippen LogP contribution in [0.4, 0.5) is 5.82 Å². The molecule has 0 aliphatic rings. The maximum atomic E-state index is 12.7. The van der Waals surface area contributed by atoms with Crippen LogP contribution in [0.25, 0.3) is 11.1 Å². The third-order valence-electron chi connectivity index (χ3n) is 5.12. The Hall–Kier alpha value is -3.09. The Bertz CT molecular complexity index is 999. The minimum atomic E-state index is -0.0413. The number of ether oxygens (including phenoxy) is 1. The van der Waals surface area contributed by atoms with Crippen molar-refractivity contribution in [2.75, 3.05) is 12.4 Å². The highest BCUT2D eigenvalue weighted by molar-refractivity contribution is 5.95. The number of hydrogen-bond donors (Lipinski definition) is 1. The molecule has 1 aromatic carbocycles. The summed E-state index contributed by atoms with van der Waals surface area (Å²) in [6.07, 6.45) is 1.05. The number of carbonyl (C=O) groups is 1. The molecular weight excluding hydrogens is 354 g/mol. The minimum absolute atomic E-state index is 0.0413. The number of amides is 1. The van der Waals surface area contributed by atoms with E-state index in [0.29, 0.717) is 18.7 Å². The molecule has 0 saturated carbocycles. The van der Waals surface area contributed by atoms with Crippen molar-refractivity contribution in [1.82, 2.24) is 19.6 Å². The van der Waals surface area contributed by atoms with Gasteiger partial charge in [-0.2, -0.15) is 10.2 Å². The van der Waals surface area contributed by atoms with Crippen molar-refractivity contribution < 1.29 is 9.53 Å². The van der Waals surface area contributed by atoms with Gasteiger partial charge in [0.2, 0.25) is 5.91 Å². The summed E-state index contributed by atoms with van der Waals surface area (Å²) < 4.78 is 8.80. The van der Waals surface area contributed by atoms with Gasteiger partial charge in [-0.05, 0) is 50.5 Å². The topological polar surface area (TPSA) is 74.0 Å². The van der Waals surface area contributed by atoms with E-state index in [-0.39, 0.29) is 5.91 Å². The minimum Gasteiger partial charge on any atom is -0.497 e. The number of nitrogens with zero attached hydrogens (tertiary/aromatic N) is 4. The third-order valence-corrected chi connectivity index (χ3v) is 5.12. The van der Waals surface area contributed by atoms with E-state index in [0.717, 1.165) is 39.5 Å². The first-order valence-corrected chi connectivity index (χ1v) is 9.28. The van der Waals surface area contributed by atoms with E-state index >= 15 is 0 Å². The molecule has 0 radical (unpaired) electrons. The molecule has 148 valence electrons. The number of anilines is 1. The van der Waals surface area contributed by atoms with E-state index in [2.05, 4.69) is 15.5 Å². The molecule has 0 aliphatic heterocycles. The molecular formula is C21H27N5O2. The van der Waals surface area contributed by atoms with Crippen molar-refractivity contribution in [2.45, 2.75) is 33.6 Å². The first-order chi connectivity index (χ1) is 13.3. The second kappa shape index (κ2) is 7.88. The lowest BCUT2D eigenvalue weighted by Crippen LogP contribution is -2.16. The lowest BCUT2D eigenvalue weighted by Gasteiger charge is -2.10. The maximum absolute atomic E-state index is 12.7. The van der Waals surface area contributed by atoms with Gasteiger partial charge in [0.05, 0.1) is 18.5 Å². The second-order valence-electron chi connectivity index (χ2n) is 6.98. The standard InChI is InChI=1S/C21H27N5O2/c1-13-18(15(3)25(4)23-13)11-12-19(27)22-21-20(14(2)24-26(21)5)16-7-9-17(28-6)10-8-16/h7-10H,11-12H2,1-6H3,(H,22,27). The molecule has 0 saturated heterocycles. The van der Waals surface area contributed by atoms with Crippen molar-refractivity contribution in [3.63, 3.8) is 0 Å². The van der Waals surface area contributed by atoms with Gasteiger partial charge in [0.1, 0.15) is 11.6 Å². The maximum Gasteiger partial charge on any atom is 0.225 e. The Morgan fingerprint density at radius 1 is 1.04 bits per heavy atom. The number of carbonyl (C=O) groups excluding carboxylic acids is 1. The summed E-state index contributed by atoms with van der Waals surface area (Å²) in [7, 11) is 5.40. The van der Waals surface area contributed by atoms with Gasteiger partial charge in [0.15, 0.2) is 0 Å². The van der Waals surface area contributed by atoms with Crippen LogP contribution >= 0.6 is 0 Å². The molecule has 7 heteroatoms. The van der Waals surface area contributed by atoms with Gasteiger partial charge in [-0.25, -0.2) is 0 Å². The zero-order valence-corrected chi connectivity index (χ0v) is 17.3. The van der Waals surface area contributed by atoms with Crippen LogP contribution in [0.5, 0.6) is 5.75 Å². The SMILES string of the molecule is COc1ccc(-c2c(C)nn(C)c2NC(=O)CCc2c(C)nn(C)c2C)cc1. The Labute approximate surface area is 165 Å². The zero-order valence-electron chi connectivity index (χ0n) is 17.3. The molecule has 0 fully saturated rings. The van der Waals surface area contributed by atoms with Crippen LogP contribution in [0, 0.1) is 20.8 Å². The Balaban J connectivity index is 1.79. The normalized spacial score (nSPS) is 10.9. The van der Waals surface area contributed by atoms with Crippen molar-refractivity contribution in [3.8, 4) is 16.9 Å². The summed E-state index contributed by atoms with van der Waals surface area (Å²) in [5.74, 6) is 1.45. The van der Waals surface area contributed by atoms with Crippen molar-refractivity contribution in [3.05, 3.63) is 46.9 Å². The van der Waals surface area contributed by atoms with Gasteiger partial charge in [-0.15, -0.1) is 0 Å². The summed E-state index contributed by atoms with van der Waals surface area (Å²) in [5.41, 5.74) is 5.98. The molecule has 0 spiro atoms. The van der Waals surface area contributed by atoms with Gasteiger partial charge in [0.25, 0.3) is 0 Å². The monoisotopic (exact) mass is 381 g/mol. The smallest absolute Gasteiger partial charge is 0.225 e. The van der Waals surface area contributed by atoms with E-state index in [4.69, 9.17) is 4.74 Å². The van der Waals surface area contributed by atoms with Crippen molar-refractivity contribution in [2.24, 2.45) is 14.1 Å². The molecule has 1 amide bonds. The summed E-state index contributed by atoms with van der Waals surface area (Å²) in [6.45, 7) is 5.95. The highest BCUT2D eigenvalue weighted by atomic mass is 16.5. The molecule has 1 N–H and O–H groups in total. The van der Waals surface area contributed by atoms with Crippen LogP contribution in [-0.2, 0) is 25.3 Å². The molecule has 2 heterocycles. The number of aryl methyl sites for hydroxylation is 4.